The molecule has 1 aromatic heterocycles. The zero-order valence-corrected chi connectivity index (χ0v) is 13.0. The van der Waals surface area contributed by atoms with Crippen molar-refractivity contribution in [3.8, 4) is 17.0 Å². The maximum atomic E-state index is 12.3. The lowest BCUT2D eigenvalue weighted by Crippen LogP contribution is -2.29. The summed E-state index contributed by atoms with van der Waals surface area (Å²) in [4.78, 5) is 22.9. The van der Waals surface area contributed by atoms with Crippen molar-refractivity contribution in [2.75, 3.05) is 13.7 Å². The first-order valence-corrected chi connectivity index (χ1v) is 7.19. The molecule has 1 amide bonds. The van der Waals surface area contributed by atoms with Crippen LogP contribution in [0.2, 0.25) is 0 Å². The molecule has 7 nitrogen and oxygen atoms in total. The fourth-order valence-corrected chi connectivity index (χ4v) is 2.17. The van der Waals surface area contributed by atoms with Gasteiger partial charge in [-0.05, 0) is 30.2 Å². The molecule has 0 fully saturated rings. The van der Waals surface area contributed by atoms with E-state index in [1.165, 1.54) is 6.20 Å². The predicted octanol–water partition coefficient (Wildman–Crippen LogP) is 1.93. The van der Waals surface area contributed by atoms with Crippen LogP contribution < -0.4 is 10.1 Å². The molecule has 1 unspecified atom stereocenters. The second kappa shape index (κ2) is 7.44. The zero-order chi connectivity index (χ0) is 16.8. The normalized spacial score (nSPS) is 11.7. The zero-order valence-electron chi connectivity index (χ0n) is 13.0. The molecule has 0 saturated heterocycles. The average Bonchev–Trinajstić information content (AvgIpc) is 3.01. The molecule has 0 spiro atoms. The number of nitrogens with zero attached hydrogens (tertiary/aromatic N) is 1. The van der Waals surface area contributed by atoms with Crippen LogP contribution in [0, 0.1) is 5.92 Å². The highest BCUT2D eigenvalue weighted by atomic mass is 16.5. The van der Waals surface area contributed by atoms with Crippen molar-refractivity contribution in [2.24, 2.45) is 5.92 Å². The van der Waals surface area contributed by atoms with Gasteiger partial charge >= 0.3 is 5.97 Å². The van der Waals surface area contributed by atoms with Crippen molar-refractivity contribution in [3.63, 3.8) is 0 Å². The number of H-pyrrole nitrogens is 1. The molecule has 0 aliphatic carbocycles. The molecular formula is C16H19N3O4. The van der Waals surface area contributed by atoms with E-state index in [-0.39, 0.29) is 18.2 Å². The van der Waals surface area contributed by atoms with Gasteiger partial charge in [0.15, 0.2) is 0 Å². The van der Waals surface area contributed by atoms with Gasteiger partial charge in [-0.25, -0.2) is 0 Å². The molecule has 1 heterocycles. The number of nitrogens with one attached hydrogen (secondary N) is 2. The molecule has 23 heavy (non-hydrogen) atoms. The van der Waals surface area contributed by atoms with Gasteiger partial charge in [-0.2, -0.15) is 5.10 Å². The molecule has 1 atom stereocenters. The first kappa shape index (κ1) is 16.5. The van der Waals surface area contributed by atoms with Crippen molar-refractivity contribution < 1.29 is 19.4 Å². The molecule has 0 aliphatic heterocycles. The van der Waals surface area contributed by atoms with E-state index < -0.39 is 5.97 Å². The van der Waals surface area contributed by atoms with Crippen molar-refractivity contribution in [3.05, 3.63) is 36.0 Å². The SMILES string of the molecule is COc1ccc(-c2[nH]ncc2C(=O)NCC(C)CC(=O)O)cc1. The lowest BCUT2D eigenvalue weighted by atomic mass is 10.1. The van der Waals surface area contributed by atoms with E-state index in [1.54, 1.807) is 26.2 Å². The minimum Gasteiger partial charge on any atom is -0.497 e. The fraction of sp³-hybridized carbons (Fsp3) is 0.312. The maximum Gasteiger partial charge on any atom is 0.303 e. The number of carboxylic acid groups (broad SMARTS) is 1. The molecule has 122 valence electrons. The predicted molar refractivity (Wildman–Crippen MR) is 84.3 cm³/mol. The molecule has 7 heteroatoms. The summed E-state index contributed by atoms with van der Waals surface area (Å²) < 4.78 is 5.11. The Bertz CT molecular complexity index is 679. The van der Waals surface area contributed by atoms with Crippen molar-refractivity contribution in [1.29, 1.82) is 0 Å². The Balaban J connectivity index is 2.07. The molecule has 0 aliphatic rings. The summed E-state index contributed by atoms with van der Waals surface area (Å²) in [5.74, 6) is -0.592. The number of carbonyl (C=O) groups is 2. The molecule has 0 radical (unpaired) electrons. The minimum absolute atomic E-state index is 0.0109. The number of carbonyl (C=O) groups excluding carboxylic acids is 1. The van der Waals surface area contributed by atoms with Gasteiger partial charge in [-0.15, -0.1) is 0 Å². The number of carboxylic acids is 1. The van der Waals surface area contributed by atoms with Crippen LogP contribution in [0.15, 0.2) is 30.5 Å². The van der Waals surface area contributed by atoms with E-state index >= 15 is 0 Å². The van der Waals surface area contributed by atoms with Crippen molar-refractivity contribution >= 4 is 11.9 Å². The molecule has 2 rings (SSSR count). The van der Waals surface area contributed by atoms with Gasteiger partial charge in [0.05, 0.1) is 24.6 Å². The Hall–Kier alpha value is -2.83. The van der Waals surface area contributed by atoms with Gasteiger partial charge in [-0.1, -0.05) is 6.92 Å². The number of aromatic nitrogens is 2. The Morgan fingerprint density at radius 1 is 1.35 bits per heavy atom. The minimum atomic E-state index is -0.881. The van der Waals surface area contributed by atoms with Gasteiger partial charge < -0.3 is 15.2 Å². The third-order valence-corrected chi connectivity index (χ3v) is 3.40. The van der Waals surface area contributed by atoms with E-state index in [0.29, 0.717) is 17.8 Å². The van der Waals surface area contributed by atoms with E-state index in [1.807, 2.05) is 12.1 Å². The van der Waals surface area contributed by atoms with E-state index in [4.69, 9.17) is 9.84 Å². The Kier molecular flexibility index (Phi) is 5.35. The Morgan fingerprint density at radius 2 is 2.04 bits per heavy atom. The van der Waals surface area contributed by atoms with Crippen molar-refractivity contribution in [1.82, 2.24) is 15.5 Å². The molecule has 1 aromatic carbocycles. The second-order valence-corrected chi connectivity index (χ2v) is 5.30. The number of methoxy groups -OCH3 is 1. The van der Waals surface area contributed by atoms with Gasteiger partial charge in [0, 0.05) is 18.5 Å². The third kappa shape index (κ3) is 4.32. The summed E-state index contributed by atoms with van der Waals surface area (Å²) in [7, 11) is 1.59. The fourth-order valence-electron chi connectivity index (χ4n) is 2.17. The highest BCUT2D eigenvalue weighted by Gasteiger charge is 2.16. The van der Waals surface area contributed by atoms with Crippen molar-refractivity contribution in [2.45, 2.75) is 13.3 Å². The summed E-state index contributed by atoms with van der Waals surface area (Å²) in [6.07, 6.45) is 1.47. The highest BCUT2D eigenvalue weighted by molar-refractivity contribution is 5.99. The van der Waals surface area contributed by atoms with Gasteiger partial charge in [0.25, 0.3) is 5.91 Å². The second-order valence-electron chi connectivity index (χ2n) is 5.30. The number of hydrogen-bond donors (Lipinski definition) is 3. The van der Waals surface area contributed by atoms with Crippen LogP contribution in [0.5, 0.6) is 5.75 Å². The first-order chi connectivity index (χ1) is 11.0. The number of ether oxygens (including phenoxy) is 1. The smallest absolute Gasteiger partial charge is 0.303 e. The summed E-state index contributed by atoms with van der Waals surface area (Å²) >= 11 is 0. The van der Waals surface area contributed by atoms with Crippen LogP contribution in [-0.4, -0.2) is 40.8 Å². The monoisotopic (exact) mass is 317 g/mol. The highest BCUT2D eigenvalue weighted by Crippen LogP contribution is 2.23. The molecule has 2 aromatic rings. The summed E-state index contributed by atoms with van der Waals surface area (Å²) in [6, 6.07) is 7.26. The molecular weight excluding hydrogens is 298 g/mol. The molecule has 3 N–H and O–H groups in total. The largest absolute Gasteiger partial charge is 0.497 e. The van der Waals surface area contributed by atoms with Crippen LogP contribution in [0.25, 0.3) is 11.3 Å². The number of hydrogen-bond acceptors (Lipinski definition) is 4. The number of aromatic amines is 1. The van der Waals surface area contributed by atoms with Gasteiger partial charge in [-0.3, -0.25) is 14.7 Å². The quantitative estimate of drug-likeness (QED) is 0.724. The van der Waals surface area contributed by atoms with E-state index in [0.717, 1.165) is 11.3 Å². The molecule has 0 saturated carbocycles. The van der Waals surface area contributed by atoms with E-state index in [2.05, 4.69) is 15.5 Å². The van der Waals surface area contributed by atoms with Gasteiger partial charge in [0.1, 0.15) is 5.75 Å². The Morgan fingerprint density at radius 3 is 2.65 bits per heavy atom. The van der Waals surface area contributed by atoms with Crippen LogP contribution in [0.4, 0.5) is 0 Å². The van der Waals surface area contributed by atoms with Crippen LogP contribution >= 0.6 is 0 Å². The standard InChI is InChI=1S/C16H19N3O4/c1-10(7-14(20)21)8-17-16(22)13-9-18-19-15(13)11-3-5-12(23-2)6-4-11/h3-6,9-10H,7-8H2,1-2H3,(H,17,22)(H,18,19)(H,20,21). The number of amides is 1. The van der Waals surface area contributed by atoms with Crippen LogP contribution in [-0.2, 0) is 4.79 Å². The third-order valence-electron chi connectivity index (χ3n) is 3.40. The maximum absolute atomic E-state index is 12.3. The van der Waals surface area contributed by atoms with E-state index in [9.17, 15) is 9.59 Å². The number of rotatable bonds is 7. The molecule has 0 bridgehead atoms. The summed E-state index contributed by atoms with van der Waals surface area (Å²) in [5, 5.41) is 18.2. The van der Waals surface area contributed by atoms with Crippen LogP contribution in [0.1, 0.15) is 23.7 Å². The summed E-state index contributed by atoms with van der Waals surface area (Å²) in [5.41, 5.74) is 1.83. The number of benzene rings is 1. The lowest BCUT2D eigenvalue weighted by Gasteiger charge is -2.10. The lowest BCUT2D eigenvalue weighted by molar-refractivity contribution is -0.137. The average molecular weight is 317 g/mol. The topological polar surface area (TPSA) is 104 Å². The first-order valence-electron chi connectivity index (χ1n) is 7.19. The Labute approximate surface area is 133 Å². The summed E-state index contributed by atoms with van der Waals surface area (Å²) in [6.45, 7) is 2.06. The number of aliphatic carboxylic acids is 1. The van der Waals surface area contributed by atoms with Crippen LogP contribution in [0.3, 0.4) is 0 Å². The van der Waals surface area contributed by atoms with Gasteiger partial charge in [0.2, 0.25) is 0 Å².